The molecule has 2 aromatic rings. The molecular formula is C21H24N2O3. The highest BCUT2D eigenvalue weighted by atomic mass is 16.6. The summed E-state index contributed by atoms with van der Waals surface area (Å²) in [5, 5.41) is 0. The van der Waals surface area contributed by atoms with Crippen molar-refractivity contribution in [1.29, 1.82) is 0 Å². The minimum absolute atomic E-state index is 0.335. The average molecular weight is 352 g/mol. The van der Waals surface area contributed by atoms with Crippen LogP contribution in [0.4, 0.5) is 4.79 Å². The van der Waals surface area contributed by atoms with Crippen LogP contribution in [0.5, 0.6) is 5.75 Å². The zero-order chi connectivity index (χ0) is 18.4. The van der Waals surface area contributed by atoms with Crippen molar-refractivity contribution in [3.63, 3.8) is 0 Å². The molecule has 3 rings (SSSR count). The Bertz CT molecular complexity index is 736. The maximum absolute atomic E-state index is 12.3. The molecule has 2 amide bonds. The van der Waals surface area contributed by atoms with Gasteiger partial charge in [0.05, 0.1) is 0 Å². The lowest BCUT2D eigenvalue weighted by Gasteiger charge is -2.31. The predicted molar refractivity (Wildman–Crippen MR) is 100 cm³/mol. The largest absolute Gasteiger partial charge is 0.415 e. The van der Waals surface area contributed by atoms with Gasteiger partial charge < -0.3 is 15.4 Å². The van der Waals surface area contributed by atoms with Gasteiger partial charge in [-0.3, -0.25) is 4.79 Å². The van der Waals surface area contributed by atoms with Gasteiger partial charge in [-0.1, -0.05) is 30.3 Å². The highest BCUT2D eigenvalue weighted by Crippen LogP contribution is 2.23. The van der Waals surface area contributed by atoms with Gasteiger partial charge in [0.2, 0.25) is 5.91 Å². The molecule has 26 heavy (non-hydrogen) atoms. The van der Waals surface area contributed by atoms with Crippen LogP contribution >= 0.6 is 0 Å². The van der Waals surface area contributed by atoms with Gasteiger partial charge in [0.1, 0.15) is 5.75 Å². The van der Waals surface area contributed by atoms with Crippen LogP contribution in [0.2, 0.25) is 0 Å². The zero-order valence-electron chi connectivity index (χ0n) is 14.8. The number of amides is 2. The number of rotatable bonds is 5. The molecule has 136 valence electrons. The van der Waals surface area contributed by atoms with Crippen LogP contribution in [0.25, 0.3) is 0 Å². The van der Waals surface area contributed by atoms with Crippen molar-refractivity contribution in [3.8, 4) is 5.75 Å². The number of hydrogen-bond donors (Lipinski definition) is 1. The molecule has 0 atom stereocenters. The number of likely N-dealkylation sites (tertiary alicyclic amines) is 1. The second-order valence-corrected chi connectivity index (χ2v) is 6.71. The molecule has 0 unspecified atom stereocenters. The number of aryl methyl sites for hydroxylation is 1. The van der Waals surface area contributed by atoms with E-state index < -0.39 is 5.91 Å². The van der Waals surface area contributed by atoms with Crippen molar-refractivity contribution in [1.82, 2.24) is 4.90 Å². The lowest BCUT2D eigenvalue weighted by Crippen LogP contribution is -2.40. The Hall–Kier alpha value is -2.82. The topological polar surface area (TPSA) is 72.6 Å². The van der Waals surface area contributed by atoms with E-state index in [4.69, 9.17) is 10.5 Å². The van der Waals surface area contributed by atoms with E-state index in [2.05, 4.69) is 24.3 Å². The number of carbonyl (C=O) groups excluding carboxylic acids is 2. The fourth-order valence-corrected chi connectivity index (χ4v) is 3.27. The Morgan fingerprint density at radius 2 is 1.65 bits per heavy atom. The number of nitrogens with two attached hydrogens (primary N) is 1. The van der Waals surface area contributed by atoms with Crippen LogP contribution < -0.4 is 10.5 Å². The van der Waals surface area contributed by atoms with E-state index in [9.17, 15) is 9.59 Å². The second-order valence-electron chi connectivity index (χ2n) is 6.71. The van der Waals surface area contributed by atoms with Crippen molar-refractivity contribution in [2.75, 3.05) is 13.1 Å². The van der Waals surface area contributed by atoms with Gasteiger partial charge in [0.25, 0.3) is 0 Å². The van der Waals surface area contributed by atoms with Gasteiger partial charge in [0.15, 0.2) is 0 Å². The van der Waals surface area contributed by atoms with Crippen LogP contribution in [0.1, 0.15) is 35.2 Å². The first-order chi connectivity index (χ1) is 12.6. The van der Waals surface area contributed by atoms with Crippen LogP contribution in [-0.4, -0.2) is 30.0 Å². The van der Waals surface area contributed by atoms with E-state index in [0.717, 1.165) is 38.8 Å². The summed E-state index contributed by atoms with van der Waals surface area (Å²) < 4.78 is 5.39. The Kier molecular flexibility index (Phi) is 5.89. The first-order valence-corrected chi connectivity index (χ1v) is 9.02. The van der Waals surface area contributed by atoms with E-state index >= 15 is 0 Å². The molecule has 1 aliphatic heterocycles. The second kappa shape index (κ2) is 8.52. The first kappa shape index (κ1) is 18.0. The van der Waals surface area contributed by atoms with Gasteiger partial charge in [-0.05, 0) is 61.4 Å². The number of primary amides is 1. The normalized spacial score (nSPS) is 14.8. The Morgan fingerprint density at radius 1 is 1.00 bits per heavy atom. The summed E-state index contributed by atoms with van der Waals surface area (Å²) in [6.45, 7) is 1.44. The molecule has 5 heteroatoms. The smallest absolute Gasteiger partial charge is 0.410 e. The Balaban J connectivity index is 1.43. The molecular weight excluding hydrogens is 328 g/mol. The summed E-state index contributed by atoms with van der Waals surface area (Å²) in [5.41, 5.74) is 6.96. The standard InChI is InChI=1S/C21H24N2O3/c22-20(24)18-8-10-19(11-9-18)26-21(25)23-14-12-17(13-15-23)7-6-16-4-2-1-3-5-16/h1-5,8-11,17H,6-7,12-15H2,(H2,22,24). The van der Waals surface area contributed by atoms with Gasteiger partial charge in [-0.25, -0.2) is 4.79 Å². The van der Waals surface area contributed by atoms with Gasteiger partial charge in [0, 0.05) is 18.7 Å². The minimum Gasteiger partial charge on any atom is -0.410 e. The molecule has 0 aliphatic carbocycles. The maximum atomic E-state index is 12.3. The highest BCUT2D eigenvalue weighted by molar-refractivity contribution is 5.92. The molecule has 0 spiro atoms. The summed E-state index contributed by atoms with van der Waals surface area (Å²) in [7, 11) is 0. The van der Waals surface area contributed by atoms with E-state index in [0.29, 0.717) is 17.2 Å². The average Bonchev–Trinajstić information content (AvgIpc) is 2.68. The van der Waals surface area contributed by atoms with Crippen molar-refractivity contribution in [3.05, 3.63) is 65.7 Å². The van der Waals surface area contributed by atoms with E-state index in [1.807, 2.05) is 6.07 Å². The van der Waals surface area contributed by atoms with Gasteiger partial charge in [-0.2, -0.15) is 0 Å². The van der Waals surface area contributed by atoms with Crippen LogP contribution in [0, 0.1) is 5.92 Å². The summed E-state index contributed by atoms with van der Waals surface area (Å²) in [6.07, 6.45) is 3.91. The Labute approximate surface area is 153 Å². The number of hydrogen-bond acceptors (Lipinski definition) is 3. The van der Waals surface area contributed by atoms with Gasteiger partial charge >= 0.3 is 6.09 Å². The molecule has 0 saturated carbocycles. The quantitative estimate of drug-likeness (QED) is 0.893. The summed E-state index contributed by atoms with van der Waals surface area (Å²) in [5.74, 6) is 0.570. The zero-order valence-corrected chi connectivity index (χ0v) is 14.8. The molecule has 2 aromatic carbocycles. The van der Waals surface area contributed by atoms with Crippen LogP contribution in [-0.2, 0) is 6.42 Å². The van der Waals surface area contributed by atoms with Crippen molar-refractivity contribution < 1.29 is 14.3 Å². The maximum Gasteiger partial charge on any atom is 0.415 e. The van der Waals surface area contributed by atoms with E-state index in [1.165, 1.54) is 5.56 Å². The third-order valence-electron chi connectivity index (χ3n) is 4.90. The SMILES string of the molecule is NC(=O)c1ccc(OC(=O)N2CCC(CCc3ccccc3)CC2)cc1. The molecule has 2 N–H and O–H groups in total. The molecule has 0 radical (unpaired) electrons. The predicted octanol–water partition coefficient (Wildman–Crippen LogP) is 3.63. The third-order valence-corrected chi connectivity index (χ3v) is 4.90. The third kappa shape index (κ3) is 4.85. The number of ether oxygens (including phenoxy) is 1. The molecule has 1 fully saturated rings. The lowest BCUT2D eigenvalue weighted by atomic mass is 9.91. The molecule has 0 bridgehead atoms. The van der Waals surface area contributed by atoms with E-state index in [-0.39, 0.29) is 6.09 Å². The number of piperidine rings is 1. The Morgan fingerprint density at radius 3 is 2.27 bits per heavy atom. The molecule has 1 saturated heterocycles. The first-order valence-electron chi connectivity index (χ1n) is 9.02. The van der Waals surface area contributed by atoms with Crippen LogP contribution in [0.15, 0.2) is 54.6 Å². The number of nitrogens with zero attached hydrogens (tertiary/aromatic N) is 1. The van der Waals surface area contributed by atoms with Crippen molar-refractivity contribution in [2.45, 2.75) is 25.7 Å². The minimum atomic E-state index is -0.500. The monoisotopic (exact) mass is 352 g/mol. The highest BCUT2D eigenvalue weighted by Gasteiger charge is 2.24. The fourth-order valence-electron chi connectivity index (χ4n) is 3.27. The van der Waals surface area contributed by atoms with Crippen LogP contribution in [0.3, 0.4) is 0 Å². The summed E-state index contributed by atoms with van der Waals surface area (Å²) in [6, 6.07) is 16.8. The number of benzene rings is 2. The molecule has 1 heterocycles. The van der Waals surface area contributed by atoms with Crippen molar-refractivity contribution >= 4 is 12.0 Å². The summed E-state index contributed by atoms with van der Waals surface area (Å²) >= 11 is 0. The van der Waals surface area contributed by atoms with Gasteiger partial charge in [-0.15, -0.1) is 0 Å². The molecule has 0 aromatic heterocycles. The molecule has 5 nitrogen and oxygen atoms in total. The fraction of sp³-hybridized carbons (Fsp3) is 0.333. The molecule has 1 aliphatic rings. The number of carbonyl (C=O) groups is 2. The van der Waals surface area contributed by atoms with Crippen molar-refractivity contribution in [2.24, 2.45) is 11.7 Å². The summed E-state index contributed by atoms with van der Waals surface area (Å²) in [4.78, 5) is 25.1. The van der Waals surface area contributed by atoms with E-state index in [1.54, 1.807) is 29.2 Å². The lowest BCUT2D eigenvalue weighted by molar-refractivity contribution is 0.100.